The Morgan fingerprint density at radius 3 is 3.00 bits per heavy atom. The fourth-order valence-electron chi connectivity index (χ4n) is 1.42. The summed E-state index contributed by atoms with van der Waals surface area (Å²) >= 11 is 0. The lowest BCUT2D eigenvalue weighted by atomic mass is 10.2. The van der Waals surface area contributed by atoms with Gasteiger partial charge in [-0.05, 0) is 25.1 Å². The second-order valence-electron chi connectivity index (χ2n) is 3.04. The van der Waals surface area contributed by atoms with Crippen LogP contribution in [0.2, 0.25) is 0 Å². The molecule has 1 heterocycles. The van der Waals surface area contributed by atoms with Gasteiger partial charge in [0.1, 0.15) is 0 Å². The van der Waals surface area contributed by atoms with Crippen LogP contribution in [-0.4, -0.2) is 16.7 Å². The summed E-state index contributed by atoms with van der Waals surface area (Å²) in [4.78, 5) is 2.96. The molecule has 2 aromatic rings. The van der Waals surface area contributed by atoms with E-state index in [1.165, 1.54) is 0 Å². The summed E-state index contributed by atoms with van der Waals surface area (Å²) in [6.45, 7) is 2.37. The topological polar surface area (TPSA) is 71.3 Å². The minimum absolute atomic E-state index is 0.120. The number of aromatic hydroxyl groups is 1. The molecule has 0 amide bonds. The highest BCUT2D eigenvalue weighted by Gasteiger charge is 2.10. The molecule has 0 fully saturated rings. The number of aromatic amines is 1. The van der Waals surface area contributed by atoms with E-state index in [1.807, 2.05) is 13.0 Å². The fraction of sp³-hybridized carbons (Fsp3) is 0.200. The third-order valence-electron chi connectivity index (χ3n) is 2.05. The number of nitrogens with one attached hydrogen (secondary N) is 1. The third kappa shape index (κ3) is 1.25. The van der Waals surface area contributed by atoms with Gasteiger partial charge in [0.05, 0.1) is 12.1 Å². The minimum Gasteiger partial charge on any atom is -0.503 e. The van der Waals surface area contributed by atoms with Gasteiger partial charge in [-0.15, -0.1) is 0 Å². The van der Waals surface area contributed by atoms with Crippen LogP contribution in [-0.2, 0) is 0 Å². The molecule has 14 heavy (non-hydrogen) atoms. The predicted octanol–water partition coefficient (Wildman–Crippen LogP) is 1.85. The molecular weight excluding hydrogens is 180 g/mol. The number of nitrogen functional groups attached to an aromatic ring is 1. The fourth-order valence-corrected chi connectivity index (χ4v) is 1.42. The molecule has 4 nitrogen and oxygen atoms in total. The Bertz CT molecular complexity index is 462. The van der Waals surface area contributed by atoms with Crippen molar-refractivity contribution in [3.63, 3.8) is 0 Å². The number of benzene rings is 1. The van der Waals surface area contributed by atoms with Crippen LogP contribution < -0.4 is 10.5 Å². The van der Waals surface area contributed by atoms with Crippen molar-refractivity contribution < 1.29 is 9.84 Å². The van der Waals surface area contributed by atoms with Crippen LogP contribution in [0.25, 0.3) is 10.9 Å². The summed E-state index contributed by atoms with van der Waals surface area (Å²) in [5, 5.41) is 10.4. The van der Waals surface area contributed by atoms with E-state index >= 15 is 0 Å². The number of aromatic nitrogens is 1. The summed E-state index contributed by atoms with van der Waals surface area (Å²) in [6.07, 6.45) is 0. The number of nitrogens with two attached hydrogens (primary N) is 1. The van der Waals surface area contributed by atoms with Crippen molar-refractivity contribution in [3.05, 3.63) is 18.2 Å². The lowest BCUT2D eigenvalue weighted by Crippen LogP contribution is -1.90. The van der Waals surface area contributed by atoms with Crippen molar-refractivity contribution >= 4 is 16.6 Å². The Morgan fingerprint density at radius 2 is 2.29 bits per heavy atom. The van der Waals surface area contributed by atoms with E-state index in [4.69, 9.17) is 10.5 Å². The first-order valence-corrected chi connectivity index (χ1v) is 4.45. The van der Waals surface area contributed by atoms with Crippen LogP contribution >= 0.6 is 0 Å². The van der Waals surface area contributed by atoms with Crippen LogP contribution in [0.1, 0.15) is 6.92 Å². The molecule has 0 spiro atoms. The summed E-state index contributed by atoms with van der Waals surface area (Å²) in [6, 6.07) is 5.30. The second kappa shape index (κ2) is 3.14. The zero-order valence-corrected chi connectivity index (χ0v) is 7.87. The molecule has 0 saturated heterocycles. The maximum Gasteiger partial charge on any atom is 0.235 e. The highest BCUT2D eigenvalue weighted by Crippen LogP contribution is 2.35. The van der Waals surface area contributed by atoms with E-state index in [0.717, 1.165) is 5.52 Å². The van der Waals surface area contributed by atoms with E-state index in [-0.39, 0.29) is 5.75 Å². The number of hydrogen-bond donors (Lipinski definition) is 3. The molecule has 0 bridgehead atoms. The summed E-state index contributed by atoms with van der Waals surface area (Å²) in [5.41, 5.74) is 7.05. The number of anilines is 1. The van der Waals surface area contributed by atoms with Crippen LogP contribution in [0, 0.1) is 0 Å². The van der Waals surface area contributed by atoms with Gasteiger partial charge in [-0.3, -0.25) is 0 Å². The highest BCUT2D eigenvalue weighted by atomic mass is 16.5. The third-order valence-corrected chi connectivity index (χ3v) is 2.05. The van der Waals surface area contributed by atoms with Crippen molar-refractivity contribution in [2.24, 2.45) is 0 Å². The molecule has 0 atom stereocenters. The second-order valence-corrected chi connectivity index (χ2v) is 3.04. The van der Waals surface area contributed by atoms with E-state index in [2.05, 4.69) is 4.98 Å². The predicted molar refractivity (Wildman–Crippen MR) is 55.5 cm³/mol. The molecule has 4 heteroatoms. The standard InChI is InChI=1S/C10H12N2O2/c1-2-14-10-9(13)7-5-6(11)3-4-8(7)12-10/h3-5,12-13H,2,11H2,1H3. The Kier molecular flexibility index (Phi) is 1.96. The van der Waals surface area contributed by atoms with Crippen LogP contribution in [0.5, 0.6) is 11.6 Å². The quantitative estimate of drug-likeness (QED) is 0.636. The van der Waals surface area contributed by atoms with E-state index in [9.17, 15) is 5.11 Å². The largest absolute Gasteiger partial charge is 0.503 e. The Balaban J connectivity index is 2.62. The van der Waals surface area contributed by atoms with Gasteiger partial charge in [0, 0.05) is 11.1 Å². The number of rotatable bonds is 2. The van der Waals surface area contributed by atoms with Gasteiger partial charge in [-0.1, -0.05) is 0 Å². The minimum atomic E-state index is 0.120. The number of H-pyrrole nitrogens is 1. The number of ether oxygens (including phenoxy) is 1. The van der Waals surface area contributed by atoms with Crippen LogP contribution in [0.3, 0.4) is 0 Å². The zero-order chi connectivity index (χ0) is 10.1. The summed E-state index contributed by atoms with van der Waals surface area (Å²) in [5.74, 6) is 0.516. The van der Waals surface area contributed by atoms with Gasteiger partial charge in [-0.25, -0.2) is 0 Å². The molecule has 2 rings (SSSR count). The van der Waals surface area contributed by atoms with Gasteiger partial charge >= 0.3 is 0 Å². The first-order chi connectivity index (χ1) is 6.72. The van der Waals surface area contributed by atoms with Crippen molar-refractivity contribution in [1.29, 1.82) is 0 Å². The smallest absolute Gasteiger partial charge is 0.235 e. The molecular formula is C10H12N2O2. The molecule has 0 saturated carbocycles. The van der Waals surface area contributed by atoms with Gasteiger partial charge in [0.25, 0.3) is 0 Å². The van der Waals surface area contributed by atoms with Crippen molar-refractivity contribution in [3.8, 4) is 11.6 Å². The van der Waals surface area contributed by atoms with Crippen molar-refractivity contribution in [1.82, 2.24) is 4.98 Å². The van der Waals surface area contributed by atoms with E-state index in [1.54, 1.807) is 12.1 Å². The molecule has 0 aliphatic rings. The molecule has 0 unspecified atom stereocenters. The maximum atomic E-state index is 9.73. The average molecular weight is 192 g/mol. The Labute approximate surface area is 81.3 Å². The van der Waals surface area contributed by atoms with Gasteiger partial charge < -0.3 is 20.6 Å². The molecule has 1 aromatic heterocycles. The van der Waals surface area contributed by atoms with Crippen molar-refractivity contribution in [2.75, 3.05) is 12.3 Å². The van der Waals surface area contributed by atoms with Crippen molar-refractivity contribution in [2.45, 2.75) is 6.92 Å². The molecule has 74 valence electrons. The maximum absolute atomic E-state index is 9.73. The normalized spacial score (nSPS) is 10.6. The number of fused-ring (bicyclic) bond motifs is 1. The molecule has 0 aliphatic heterocycles. The summed E-state index contributed by atoms with van der Waals surface area (Å²) in [7, 11) is 0. The van der Waals surface area contributed by atoms with Crippen LogP contribution in [0.4, 0.5) is 5.69 Å². The average Bonchev–Trinajstić information content (AvgIpc) is 2.46. The molecule has 4 N–H and O–H groups in total. The molecule has 1 aromatic carbocycles. The Hall–Kier alpha value is -1.84. The van der Waals surface area contributed by atoms with Gasteiger partial charge in [0.2, 0.25) is 5.88 Å². The van der Waals surface area contributed by atoms with E-state index in [0.29, 0.717) is 23.6 Å². The number of hydrogen-bond acceptors (Lipinski definition) is 3. The SMILES string of the molecule is CCOc1[nH]c2ccc(N)cc2c1O. The highest BCUT2D eigenvalue weighted by molar-refractivity contribution is 5.91. The monoisotopic (exact) mass is 192 g/mol. The van der Waals surface area contributed by atoms with Crippen LogP contribution in [0.15, 0.2) is 18.2 Å². The summed E-state index contributed by atoms with van der Waals surface area (Å²) < 4.78 is 5.22. The first kappa shape index (κ1) is 8.74. The molecule has 0 aliphatic carbocycles. The Morgan fingerprint density at radius 1 is 1.50 bits per heavy atom. The molecule has 0 radical (unpaired) electrons. The first-order valence-electron chi connectivity index (χ1n) is 4.45. The zero-order valence-electron chi connectivity index (χ0n) is 7.87. The van der Waals surface area contributed by atoms with E-state index < -0.39 is 0 Å². The van der Waals surface area contributed by atoms with Gasteiger partial charge in [-0.2, -0.15) is 0 Å². The lowest BCUT2D eigenvalue weighted by molar-refractivity contribution is 0.310. The lowest BCUT2D eigenvalue weighted by Gasteiger charge is -1.98. The van der Waals surface area contributed by atoms with Gasteiger partial charge in [0.15, 0.2) is 5.75 Å².